The van der Waals surface area contributed by atoms with Gasteiger partial charge < -0.3 is 9.88 Å². The van der Waals surface area contributed by atoms with E-state index in [9.17, 15) is 4.79 Å². The summed E-state index contributed by atoms with van der Waals surface area (Å²) in [5.41, 5.74) is 2.88. The highest BCUT2D eigenvalue weighted by Crippen LogP contribution is 2.33. The average Bonchev–Trinajstić information content (AvgIpc) is 3.23. The van der Waals surface area contributed by atoms with Crippen molar-refractivity contribution in [3.8, 4) is 0 Å². The third-order valence-corrected chi connectivity index (χ3v) is 4.85. The minimum atomic E-state index is -0.255. The number of aromatic nitrogens is 4. The monoisotopic (exact) mass is 340 g/mol. The molecule has 3 aromatic rings. The molecule has 7 nitrogen and oxygen atoms in total. The highest BCUT2D eigenvalue weighted by atomic mass is 32.1. The van der Waals surface area contributed by atoms with Gasteiger partial charge in [0.1, 0.15) is 6.04 Å². The van der Waals surface area contributed by atoms with E-state index in [1.165, 1.54) is 11.3 Å². The van der Waals surface area contributed by atoms with Gasteiger partial charge in [-0.3, -0.25) is 10.3 Å². The smallest absolute Gasteiger partial charge is 0.324 e. The van der Waals surface area contributed by atoms with Gasteiger partial charge in [0.25, 0.3) is 0 Å². The lowest BCUT2D eigenvalue weighted by atomic mass is 9.97. The number of rotatable bonds is 2. The lowest BCUT2D eigenvalue weighted by molar-refractivity contribution is 0.192. The number of nitrogens with zero attached hydrogens (tertiary/aromatic N) is 4. The van der Waals surface area contributed by atoms with Crippen LogP contribution in [0.15, 0.2) is 37.1 Å². The number of carbonyl (C=O) groups is 1. The Kier molecular flexibility index (Phi) is 3.73. The molecule has 0 bridgehead atoms. The first-order valence-corrected chi connectivity index (χ1v) is 8.46. The van der Waals surface area contributed by atoms with Crippen molar-refractivity contribution in [3.63, 3.8) is 0 Å². The second-order valence-electron chi connectivity index (χ2n) is 5.60. The maximum Gasteiger partial charge on any atom is 0.324 e. The van der Waals surface area contributed by atoms with Crippen LogP contribution in [0.25, 0.3) is 0 Å². The molecule has 0 spiro atoms. The van der Waals surface area contributed by atoms with Crippen LogP contribution < -0.4 is 5.32 Å². The van der Waals surface area contributed by atoms with E-state index in [0.717, 1.165) is 28.2 Å². The molecule has 24 heavy (non-hydrogen) atoms. The molecule has 0 saturated carbocycles. The predicted molar refractivity (Wildman–Crippen MR) is 90.9 cm³/mol. The number of hydrogen-bond donors (Lipinski definition) is 2. The van der Waals surface area contributed by atoms with Gasteiger partial charge in [-0.15, -0.1) is 11.3 Å². The van der Waals surface area contributed by atoms with Crippen LogP contribution in [-0.2, 0) is 6.42 Å². The Morgan fingerprint density at radius 1 is 1.42 bits per heavy atom. The number of amides is 2. The van der Waals surface area contributed by atoms with Gasteiger partial charge in [0.2, 0.25) is 0 Å². The van der Waals surface area contributed by atoms with Crippen LogP contribution in [0.3, 0.4) is 0 Å². The molecule has 8 heteroatoms. The number of nitrogens with one attached hydrogen (secondary N) is 2. The molecule has 1 aliphatic rings. The third-order valence-electron chi connectivity index (χ3n) is 4.02. The van der Waals surface area contributed by atoms with E-state index in [1.54, 1.807) is 29.8 Å². The van der Waals surface area contributed by atoms with Gasteiger partial charge in [0.05, 0.1) is 12.0 Å². The summed E-state index contributed by atoms with van der Waals surface area (Å²) in [4.78, 5) is 31.7. The summed E-state index contributed by atoms with van der Waals surface area (Å²) in [6, 6.07) is 3.41. The normalized spacial score (nSPS) is 16.7. The Hall–Kier alpha value is -2.74. The van der Waals surface area contributed by atoms with Crippen LogP contribution in [-0.4, -0.2) is 37.4 Å². The topological polar surface area (TPSA) is 86.8 Å². The van der Waals surface area contributed by atoms with E-state index in [0.29, 0.717) is 11.7 Å². The zero-order chi connectivity index (χ0) is 16.5. The zero-order valence-electron chi connectivity index (χ0n) is 13.1. The van der Waals surface area contributed by atoms with Crippen molar-refractivity contribution in [1.82, 2.24) is 24.8 Å². The molecule has 0 radical (unpaired) electrons. The Balaban J connectivity index is 1.67. The SMILES string of the molecule is Cc1cnc(NC(=O)N2CCc3[nH]cnc3C2c2cccnc2)s1. The minimum absolute atomic E-state index is 0.174. The summed E-state index contributed by atoms with van der Waals surface area (Å²) < 4.78 is 0. The maximum absolute atomic E-state index is 12.8. The first kappa shape index (κ1) is 14.8. The van der Waals surface area contributed by atoms with Gasteiger partial charge in [0, 0.05) is 42.1 Å². The molecule has 1 unspecified atom stereocenters. The van der Waals surface area contributed by atoms with Crippen LogP contribution in [0.4, 0.5) is 9.93 Å². The number of carbonyl (C=O) groups excluding carboxylic acids is 1. The van der Waals surface area contributed by atoms with Crippen molar-refractivity contribution in [2.45, 2.75) is 19.4 Å². The Morgan fingerprint density at radius 3 is 3.08 bits per heavy atom. The summed E-state index contributed by atoms with van der Waals surface area (Å²) in [7, 11) is 0. The number of thiazole rings is 1. The molecule has 4 rings (SSSR count). The lowest BCUT2D eigenvalue weighted by Crippen LogP contribution is -2.43. The number of hydrogen-bond acceptors (Lipinski definition) is 5. The number of anilines is 1. The number of H-pyrrole nitrogens is 1. The number of fused-ring (bicyclic) bond motifs is 1. The van der Waals surface area contributed by atoms with Gasteiger partial charge >= 0.3 is 6.03 Å². The molecule has 2 amide bonds. The average molecular weight is 340 g/mol. The molecule has 1 atom stereocenters. The minimum Gasteiger partial charge on any atom is -0.348 e. The number of pyridine rings is 1. The molecule has 1 aliphatic heterocycles. The van der Waals surface area contributed by atoms with E-state index in [4.69, 9.17) is 0 Å². The van der Waals surface area contributed by atoms with Gasteiger partial charge in [-0.1, -0.05) is 6.07 Å². The first-order valence-electron chi connectivity index (χ1n) is 7.64. The molecular weight excluding hydrogens is 324 g/mol. The number of aromatic amines is 1. The van der Waals surface area contributed by atoms with Crippen molar-refractivity contribution >= 4 is 22.5 Å². The molecule has 2 N–H and O–H groups in total. The summed E-state index contributed by atoms with van der Waals surface area (Å²) in [5, 5.41) is 3.50. The van der Waals surface area contributed by atoms with E-state index in [1.807, 2.05) is 19.1 Å². The second kappa shape index (κ2) is 6.04. The van der Waals surface area contributed by atoms with Crippen LogP contribution >= 0.6 is 11.3 Å². The van der Waals surface area contributed by atoms with Crippen molar-refractivity contribution in [1.29, 1.82) is 0 Å². The Bertz CT molecular complexity index is 858. The van der Waals surface area contributed by atoms with Crippen LogP contribution in [0.2, 0.25) is 0 Å². The highest BCUT2D eigenvalue weighted by molar-refractivity contribution is 7.15. The summed E-state index contributed by atoms with van der Waals surface area (Å²) in [6.45, 7) is 2.56. The molecule has 0 aliphatic carbocycles. The Morgan fingerprint density at radius 2 is 2.33 bits per heavy atom. The number of imidazole rings is 1. The fourth-order valence-electron chi connectivity index (χ4n) is 2.95. The molecule has 122 valence electrons. The largest absolute Gasteiger partial charge is 0.348 e. The van der Waals surface area contributed by atoms with Crippen molar-refractivity contribution in [2.75, 3.05) is 11.9 Å². The predicted octanol–water partition coefficient (Wildman–Crippen LogP) is 2.75. The van der Waals surface area contributed by atoms with Gasteiger partial charge in [-0.05, 0) is 18.6 Å². The molecule has 0 fully saturated rings. The lowest BCUT2D eigenvalue weighted by Gasteiger charge is -2.34. The maximum atomic E-state index is 12.8. The summed E-state index contributed by atoms with van der Waals surface area (Å²) in [6.07, 6.45) is 7.68. The van der Waals surface area contributed by atoms with Gasteiger partial charge in [-0.2, -0.15) is 0 Å². The molecule has 3 aromatic heterocycles. The van der Waals surface area contributed by atoms with Crippen molar-refractivity contribution in [2.24, 2.45) is 0 Å². The van der Waals surface area contributed by atoms with Crippen LogP contribution in [0.1, 0.15) is 27.9 Å². The van der Waals surface area contributed by atoms with Crippen LogP contribution in [0.5, 0.6) is 0 Å². The quantitative estimate of drug-likeness (QED) is 0.751. The highest BCUT2D eigenvalue weighted by Gasteiger charge is 2.34. The van der Waals surface area contributed by atoms with Crippen LogP contribution in [0, 0.1) is 6.92 Å². The molecule has 0 aromatic carbocycles. The zero-order valence-corrected chi connectivity index (χ0v) is 13.9. The fourth-order valence-corrected chi connectivity index (χ4v) is 3.60. The fraction of sp³-hybridized carbons (Fsp3) is 0.250. The molecule has 0 saturated heterocycles. The number of aryl methyl sites for hydroxylation is 1. The van der Waals surface area contributed by atoms with Crippen molar-refractivity contribution in [3.05, 3.63) is 58.9 Å². The summed E-state index contributed by atoms with van der Waals surface area (Å²) >= 11 is 1.46. The van der Waals surface area contributed by atoms with E-state index in [-0.39, 0.29) is 12.1 Å². The number of urea groups is 1. The van der Waals surface area contributed by atoms with Gasteiger partial charge in [-0.25, -0.2) is 14.8 Å². The summed E-state index contributed by atoms with van der Waals surface area (Å²) in [5.74, 6) is 0. The Labute approximate surface area is 142 Å². The second-order valence-corrected chi connectivity index (χ2v) is 6.84. The molecule has 4 heterocycles. The van der Waals surface area contributed by atoms with E-state index < -0.39 is 0 Å². The third kappa shape index (κ3) is 2.65. The standard InChI is InChI=1S/C16H16N6OS/c1-10-7-18-15(24-10)21-16(23)22-6-4-12-13(20-9-19-12)14(22)11-3-2-5-17-8-11/h2-3,5,7-9,14H,4,6H2,1H3,(H,19,20)(H,18,21,23). The van der Waals surface area contributed by atoms with Gasteiger partial charge in [0.15, 0.2) is 5.13 Å². The van der Waals surface area contributed by atoms with E-state index in [2.05, 4.69) is 25.3 Å². The van der Waals surface area contributed by atoms with Crippen molar-refractivity contribution < 1.29 is 4.79 Å². The first-order chi connectivity index (χ1) is 11.7. The van der Waals surface area contributed by atoms with E-state index >= 15 is 0 Å². The molecular formula is C16H16N6OS.